The Kier molecular flexibility index (Phi) is 4.78. The first-order valence-electron chi connectivity index (χ1n) is 8.19. The zero-order valence-electron chi connectivity index (χ0n) is 13.0. The van der Waals surface area contributed by atoms with Gasteiger partial charge in [-0.3, -0.25) is 4.90 Å². The van der Waals surface area contributed by atoms with Crippen molar-refractivity contribution in [1.82, 2.24) is 15.5 Å². The second kappa shape index (κ2) is 6.77. The monoisotopic (exact) mass is 289 g/mol. The fourth-order valence-electron chi connectivity index (χ4n) is 3.41. The Morgan fingerprint density at radius 2 is 1.90 bits per heavy atom. The Labute approximate surface area is 127 Å². The minimum atomic E-state index is 0.355. The smallest absolute Gasteiger partial charge is 0.119 e. The van der Waals surface area contributed by atoms with E-state index in [9.17, 15) is 0 Å². The first-order chi connectivity index (χ1) is 10.3. The van der Waals surface area contributed by atoms with Gasteiger partial charge in [0.1, 0.15) is 5.75 Å². The van der Waals surface area contributed by atoms with Crippen LogP contribution < -0.4 is 15.4 Å². The number of nitrogens with zero attached hydrogens (tertiary/aromatic N) is 1. The van der Waals surface area contributed by atoms with Crippen molar-refractivity contribution >= 4 is 0 Å². The highest BCUT2D eigenvalue weighted by Crippen LogP contribution is 2.24. The van der Waals surface area contributed by atoms with Crippen LogP contribution in [0.15, 0.2) is 24.3 Å². The first kappa shape index (κ1) is 14.8. The highest BCUT2D eigenvalue weighted by Gasteiger charge is 2.35. The molecule has 0 aromatic heterocycles. The number of benzene rings is 1. The summed E-state index contributed by atoms with van der Waals surface area (Å²) >= 11 is 0. The molecular weight excluding hydrogens is 262 g/mol. The Morgan fingerprint density at radius 3 is 2.52 bits per heavy atom. The van der Waals surface area contributed by atoms with Gasteiger partial charge in [-0.2, -0.15) is 0 Å². The second-order valence-corrected chi connectivity index (χ2v) is 6.24. The van der Waals surface area contributed by atoms with E-state index >= 15 is 0 Å². The number of hydrogen-bond acceptors (Lipinski definition) is 4. The highest BCUT2D eigenvalue weighted by molar-refractivity contribution is 5.27. The van der Waals surface area contributed by atoms with E-state index in [2.05, 4.69) is 39.8 Å². The van der Waals surface area contributed by atoms with Gasteiger partial charge in [-0.05, 0) is 37.5 Å². The summed E-state index contributed by atoms with van der Waals surface area (Å²) in [7, 11) is 0. The lowest BCUT2D eigenvalue weighted by Crippen LogP contribution is -2.63. The van der Waals surface area contributed by atoms with Crippen LogP contribution in [0.4, 0.5) is 0 Å². The van der Waals surface area contributed by atoms with Crippen LogP contribution in [0.2, 0.25) is 0 Å². The summed E-state index contributed by atoms with van der Waals surface area (Å²) in [5.41, 5.74) is 1.73. The van der Waals surface area contributed by atoms with Crippen molar-refractivity contribution in [1.29, 1.82) is 0 Å². The quantitative estimate of drug-likeness (QED) is 0.883. The average Bonchev–Trinajstić information content (AvgIpc) is 2.53. The molecule has 1 aromatic carbocycles. The van der Waals surface area contributed by atoms with Crippen LogP contribution in [0.3, 0.4) is 0 Å². The Bertz CT molecular complexity index is 430. The van der Waals surface area contributed by atoms with Crippen molar-refractivity contribution in [2.24, 2.45) is 0 Å². The molecule has 1 aromatic rings. The lowest BCUT2D eigenvalue weighted by molar-refractivity contribution is 0.116. The first-order valence-corrected chi connectivity index (χ1v) is 8.19. The molecule has 4 heteroatoms. The maximum atomic E-state index is 5.50. The van der Waals surface area contributed by atoms with E-state index in [4.69, 9.17) is 4.74 Å². The Balaban J connectivity index is 1.50. The molecule has 21 heavy (non-hydrogen) atoms. The van der Waals surface area contributed by atoms with Gasteiger partial charge in [-0.25, -0.2) is 0 Å². The topological polar surface area (TPSA) is 36.5 Å². The summed E-state index contributed by atoms with van der Waals surface area (Å²) < 4.78 is 5.50. The molecule has 116 valence electrons. The van der Waals surface area contributed by atoms with Crippen LogP contribution in [0.25, 0.3) is 0 Å². The molecule has 2 fully saturated rings. The minimum Gasteiger partial charge on any atom is -0.494 e. The number of ether oxygens (including phenoxy) is 1. The lowest BCUT2D eigenvalue weighted by Gasteiger charge is -2.45. The summed E-state index contributed by atoms with van der Waals surface area (Å²) in [6.45, 7) is 9.51. The van der Waals surface area contributed by atoms with Crippen LogP contribution in [-0.4, -0.2) is 49.8 Å². The van der Waals surface area contributed by atoms with Crippen molar-refractivity contribution in [3.05, 3.63) is 29.8 Å². The molecule has 0 amide bonds. The van der Waals surface area contributed by atoms with Crippen LogP contribution >= 0.6 is 0 Å². The molecular formula is C17H27N3O. The zero-order valence-corrected chi connectivity index (χ0v) is 13.0. The largest absolute Gasteiger partial charge is 0.494 e. The van der Waals surface area contributed by atoms with Crippen molar-refractivity contribution in [3.63, 3.8) is 0 Å². The third-order valence-electron chi connectivity index (χ3n) is 4.72. The number of hydrogen-bond donors (Lipinski definition) is 2. The van der Waals surface area contributed by atoms with Crippen LogP contribution in [0, 0.1) is 0 Å². The Hall–Kier alpha value is -1.10. The normalized spacial score (nSPS) is 22.3. The predicted octanol–water partition coefficient (Wildman–Crippen LogP) is 1.61. The lowest BCUT2D eigenvalue weighted by atomic mass is 9.86. The number of piperazine rings is 1. The summed E-state index contributed by atoms with van der Waals surface area (Å²) in [6.07, 6.45) is 2.49. The maximum Gasteiger partial charge on any atom is 0.119 e. The second-order valence-electron chi connectivity index (χ2n) is 6.24. The molecule has 0 saturated carbocycles. The number of nitrogens with one attached hydrogen (secondary N) is 2. The van der Waals surface area contributed by atoms with Crippen LogP contribution in [0.5, 0.6) is 5.75 Å². The molecule has 0 radical (unpaired) electrons. The van der Waals surface area contributed by atoms with Crippen molar-refractivity contribution in [2.75, 3.05) is 39.3 Å². The minimum absolute atomic E-state index is 0.355. The van der Waals surface area contributed by atoms with E-state index in [0.29, 0.717) is 5.54 Å². The van der Waals surface area contributed by atoms with Crippen molar-refractivity contribution in [3.8, 4) is 5.75 Å². The van der Waals surface area contributed by atoms with Gasteiger partial charge in [0.15, 0.2) is 0 Å². The molecule has 0 bridgehead atoms. The van der Waals surface area contributed by atoms with Gasteiger partial charge < -0.3 is 15.4 Å². The molecule has 4 nitrogen and oxygen atoms in total. The van der Waals surface area contributed by atoms with E-state index in [1.807, 2.05) is 6.92 Å². The molecule has 3 rings (SSSR count). The fourth-order valence-corrected chi connectivity index (χ4v) is 3.41. The predicted molar refractivity (Wildman–Crippen MR) is 85.7 cm³/mol. The van der Waals surface area contributed by atoms with Gasteiger partial charge in [-0.15, -0.1) is 0 Å². The van der Waals surface area contributed by atoms with Gasteiger partial charge in [0.25, 0.3) is 0 Å². The summed E-state index contributed by atoms with van der Waals surface area (Å²) in [6, 6.07) is 8.54. The highest BCUT2D eigenvalue weighted by atomic mass is 16.5. The van der Waals surface area contributed by atoms with Gasteiger partial charge in [0, 0.05) is 44.8 Å². The van der Waals surface area contributed by atoms with Crippen LogP contribution in [0.1, 0.15) is 25.3 Å². The molecule has 2 aliphatic rings. The molecule has 1 spiro atoms. The molecule has 2 heterocycles. The maximum absolute atomic E-state index is 5.50. The summed E-state index contributed by atoms with van der Waals surface area (Å²) in [4.78, 5) is 2.57. The van der Waals surface area contributed by atoms with Gasteiger partial charge in [-0.1, -0.05) is 12.1 Å². The van der Waals surface area contributed by atoms with Gasteiger partial charge >= 0.3 is 0 Å². The summed E-state index contributed by atoms with van der Waals surface area (Å²) in [5, 5.41) is 7.27. The zero-order chi connectivity index (χ0) is 14.5. The fraction of sp³-hybridized carbons (Fsp3) is 0.647. The van der Waals surface area contributed by atoms with E-state index < -0.39 is 0 Å². The van der Waals surface area contributed by atoms with Crippen LogP contribution in [-0.2, 0) is 6.54 Å². The molecule has 0 unspecified atom stereocenters. The molecule has 0 aliphatic carbocycles. The number of piperidine rings is 1. The van der Waals surface area contributed by atoms with Gasteiger partial charge in [0.05, 0.1) is 6.61 Å². The van der Waals surface area contributed by atoms with Crippen molar-refractivity contribution < 1.29 is 4.74 Å². The van der Waals surface area contributed by atoms with E-state index in [0.717, 1.165) is 38.5 Å². The standard InChI is InChI=1S/C17H27N3O/c1-2-21-16-5-3-15(4-6-16)13-20-11-7-17(8-12-20)14-18-9-10-19-17/h3-6,18-19H,2,7-14H2,1H3. The molecule has 2 aliphatic heterocycles. The van der Waals surface area contributed by atoms with Crippen molar-refractivity contribution in [2.45, 2.75) is 31.8 Å². The SMILES string of the molecule is CCOc1ccc(CN2CCC3(CC2)CNCCN3)cc1. The average molecular weight is 289 g/mol. The van der Waals surface area contributed by atoms with Gasteiger partial charge in [0.2, 0.25) is 0 Å². The molecule has 2 N–H and O–H groups in total. The number of likely N-dealkylation sites (tertiary alicyclic amines) is 1. The molecule has 2 saturated heterocycles. The third-order valence-corrected chi connectivity index (χ3v) is 4.72. The van der Waals surface area contributed by atoms with E-state index in [1.54, 1.807) is 0 Å². The third kappa shape index (κ3) is 3.76. The van der Waals surface area contributed by atoms with E-state index in [-0.39, 0.29) is 0 Å². The number of rotatable bonds is 4. The molecule has 0 atom stereocenters. The summed E-state index contributed by atoms with van der Waals surface area (Å²) in [5.74, 6) is 0.969. The Morgan fingerprint density at radius 1 is 1.14 bits per heavy atom. The van der Waals surface area contributed by atoms with E-state index in [1.165, 1.54) is 31.5 Å².